The van der Waals surface area contributed by atoms with E-state index in [0.717, 1.165) is 33.5 Å². The Labute approximate surface area is 151 Å². The molecule has 1 radical (unpaired) electrons. The highest BCUT2D eigenvalue weighted by Gasteiger charge is 2.12. The lowest BCUT2D eigenvalue weighted by Crippen LogP contribution is -1.86. The molecule has 125 valence electrons. The number of aromatic nitrogens is 2. The molecule has 3 heteroatoms. The number of hydrogen-bond acceptors (Lipinski definition) is 2. The van der Waals surface area contributed by atoms with Crippen LogP contribution in [0.5, 0.6) is 0 Å². The van der Waals surface area contributed by atoms with Crippen molar-refractivity contribution in [1.82, 2.24) is 9.97 Å². The topological polar surface area (TPSA) is 41.8 Å². The molecule has 0 amide bonds. The van der Waals surface area contributed by atoms with Gasteiger partial charge in [-0.3, -0.25) is 4.98 Å². The minimum absolute atomic E-state index is 0.688. The SMILES string of the molecule is Cc1cccc(-c2cc3ncc(-c4ccc5[nH]ccc5c4C)[c]c3o2)c1. The zero-order chi connectivity index (χ0) is 17.7. The van der Waals surface area contributed by atoms with Gasteiger partial charge in [-0.1, -0.05) is 29.8 Å². The van der Waals surface area contributed by atoms with Gasteiger partial charge in [-0.15, -0.1) is 0 Å². The van der Waals surface area contributed by atoms with Gasteiger partial charge < -0.3 is 9.40 Å². The summed E-state index contributed by atoms with van der Waals surface area (Å²) in [6.45, 7) is 4.21. The predicted octanol–water partition coefficient (Wildman–Crippen LogP) is 6.06. The van der Waals surface area contributed by atoms with Crippen LogP contribution in [0.1, 0.15) is 11.1 Å². The van der Waals surface area contributed by atoms with Gasteiger partial charge in [0.2, 0.25) is 0 Å². The molecular formula is C23H17N2O. The van der Waals surface area contributed by atoms with Gasteiger partial charge in [-0.25, -0.2) is 0 Å². The number of aryl methyl sites for hydroxylation is 2. The van der Waals surface area contributed by atoms with Crippen molar-refractivity contribution in [3.05, 3.63) is 78.1 Å². The minimum atomic E-state index is 0.688. The van der Waals surface area contributed by atoms with Crippen LogP contribution in [0.25, 0.3) is 44.5 Å². The summed E-state index contributed by atoms with van der Waals surface area (Å²) in [5.74, 6) is 0.822. The van der Waals surface area contributed by atoms with Crippen LogP contribution in [0, 0.1) is 19.9 Å². The van der Waals surface area contributed by atoms with E-state index in [1.807, 2.05) is 24.5 Å². The fourth-order valence-corrected chi connectivity index (χ4v) is 3.51. The van der Waals surface area contributed by atoms with Gasteiger partial charge in [-0.05, 0) is 43.2 Å². The predicted molar refractivity (Wildman–Crippen MR) is 105 cm³/mol. The van der Waals surface area contributed by atoms with Crippen molar-refractivity contribution in [2.45, 2.75) is 13.8 Å². The molecule has 3 heterocycles. The Morgan fingerprint density at radius 2 is 1.96 bits per heavy atom. The van der Waals surface area contributed by atoms with E-state index in [-0.39, 0.29) is 0 Å². The highest BCUT2D eigenvalue weighted by atomic mass is 16.3. The Morgan fingerprint density at radius 1 is 1.04 bits per heavy atom. The summed E-state index contributed by atoms with van der Waals surface area (Å²) in [6, 6.07) is 20.0. The summed E-state index contributed by atoms with van der Waals surface area (Å²) in [6.07, 6.45) is 3.84. The van der Waals surface area contributed by atoms with E-state index < -0.39 is 0 Å². The molecule has 0 saturated heterocycles. The normalized spacial score (nSPS) is 11.5. The standard InChI is InChI=1S/C23H17N2O/c1-14-4-3-5-16(10-14)22-12-21-23(26-22)11-17(13-25-21)18-6-7-20-19(15(18)2)8-9-24-20/h3-10,12-13,24H,1-2H3. The highest BCUT2D eigenvalue weighted by molar-refractivity contribution is 5.91. The third-order valence-corrected chi connectivity index (χ3v) is 4.89. The van der Waals surface area contributed by atoms with E-state index >= 15 is 0 Å². The van der Waals surface area contributed by atoms with E-state index in [9.17, 15) is 0 Å². The second-order valence-corrected chi connectivity index (χ2v) is 6.67. The first kappa shape index (κ1) is 15.0. The number of fused-ring (bicyclic) bond motifs is 2. The molecule has 3 aromatic heterocycles. The Kier molecular flexibility index (Phi) is 3.22. The first-order valence-corrected chi connectivity index (χ1v) is 8.65. The van der Waals surface area contributed by atoms with Crippen molar-refractivity contribution in [2.75, 3.05) is 0 Å². The molecule has 5 rings (SSSR count). The van der Waals surface area contributed by atoms with Crippen LogP contribution in [-0.4, -0.2) is 9.97 Å². The maximum Gasteiger partial charge on any atom is 0.161 e. The zero-order valence-corrected chi connectivity index (χ0v) is 14.6. The first-order valence-electron chi connectivity index (χ1n) is 8.65. The molecule has 0 unspecified atom stereocenters. The van der Waals surface area contributed by atoms with Crippen LogP contribution in [-0.2, 0) is 0 Å². The maximum absolute atomic E-state index is 6.06. The Bertz CT molecular complexity index is 1260. The summed E-state index contributed by atoms with van der Waals surface area (Å²) < 4.78 is 6.06. The van der Waals surface area contributed by atoms with Gasteiger partial charge >= 0.3 is 0 Å². The molecule has 0 spiro atoms. The van der Waals surface area contributed by atoms with Crippen LogP contribution >= 0.6 is 0 Å². The van der Waals surface area contributed by atoms with Crippen molar-refractivity contribution in [1.29, 1.82) is 0 Å². The molecule has 0 aliphatic heterocycles. The van der Waals surface area contributed by atoms with E-state index in [1.54, 1.807) is 0 Å². The molecule has 0 aliphatic carbocycles. The number of nitrogens with one attached hydrogen (secondary N) is 1. The molecule has 0 aliphatic rings. The number of nitrogens with zero attached hydrogens (tertiary/aromatic N) is 1. The van der Waals surface area contributed by atoms with E-state index in [4.69, 9.17) is 4.42 Å². The molecule has 0 bridgehead atoms. The molecule has 0 fully saturated rings. The van der Waals surface area contributed by atoms with Gasteiger partial charge in [0.25, 0.3) is 0 Å². The number of pyridine rings is 1. The number of hydrogen-bond donors (Lipinski definition) is 1. The van der Waals surface area contributed by atoms with Crippen LogP contribution in [0.3, 0.4) is 0 Å². The summed E-state index contributed by atoms with van der Waals surface area (Å²) in [4.78, 5) is 7.85. The molecule has 2 aromatic carbocycles. The van der Waals surface area contributed by atoms with Crippen LogP contribution < -0.4 is 0 Å². The van der Waals surface area contributed by atoms with E-state index in [0.29, 0.717) is 5.58 Å². The number of aromatic amines is 1. The van der Waals surface area contributed by atoms with Crippen molar-refractivity contribution in [3.63, 3.8) is 0 Å². The molecule has 0 atom stereocenters. The quantitative estimate of drug-likeness (QED) is 0.425. The van der Waals surface area contributed by atoms with Crippen molar-refractivity contribution in [3.8, 4) is 22.5 Å². The third kappa shape index (κ3) is 2.32. The summed E-state index contributed by atoms with van der Waals surface area (Å²) in [5.41, 5.74) is 8.20. The van der Waals surface area contributed by atoms with Crippen molar-refractivity contribution >= 4 is 22.0 Å². The van der Waals surface area contributed by atoms with Crippen LogP contribution in [0.2, 0.25) is 0 Å². The molecule has 1 N–H and O–H groups in total. The molecular weight excluding hydrogens is 320 g/mol. The third-order valence-electron chi connectivity index (χ3n) is 4.89. The Hall–Kier alpha value is -3.33. The number of furan rings is 1. The number of rotatable bonds is 2. The Balaban J connectivity index is 1.64. The van der Waals surface area contributed by atoms with Gasteiger partial charge in [0.05, 0.1) is 0 Å². The molecule has 26 heavy (non-hydrogen) atoms. The molecule has 5 aromatic rings. The lowest BCUT2D eigenvalue weighted by molar-refractivity contribution is 0.630. The van der Waals surface area contributed by atoms with Gasteiger partial charge in [0.1, 0.15) is 11.3 Å². The highest BCUT2D eigenvalue weighted by Crippen LogP contribution is 2.32. The van der Waals surface area contributed by atoms with Gasteiger partial charge in [-0.2, -0.15) is 0 Å². The summed E-state index contributed by atoms with van der Waals surface area (Å²) in [7, 11) is 0. The fourth-order valence-electron chi connectivity index (χ4n) is 3.51. The van der Waals surface area contributed by atoms with Crippen molar-refractivity contribution in [2.24, 2.45) is 0 Å². The smallest absolute Gasteiger partial charge is 0.161 e. The first-order chi connectivity index (χ1) is 12.7. The van der Waals surface area contributed by atoms with E-state index in [2.05, 4.69) is 66.3 Å². The molecule has 3 nitrogen and oxygen atoms in total. The van der Waals surface area contributed by atoms with Crippen LogP contribution in [0.15, 0.2) is 65.3 Å². The minimum Gasteiger partial charge on any atom is -0.454 e. The average molecular weight is 337 g/mol. The lowest BCUT2D eigenvalue weighted by Gasteiger charge is -2.06. The number of benzene rings is 2. The second-order valence-electron chi connectivity index (χ2n) is 6.67. The monoisotopic (exact) mass is 337 g/mol. The lowest BCUT2D eigenvalue weighted by atomic mass is 9.99. The summed E-state index contributed by atoms with van der Waals surface area (Å²) in [5, 5.41) is 1.22. The largest absolute Gasteiger partial charge is 0.454 e. The second kappa shape index (κ2) is 5.60. The number of H-pyrrole nitrogens is 1. The van der Waals surface area contributed by atoms with E-state index in [1.165, 1.54) is 16.5 Å². The van der Waals surface area contributed by atoms with Gasteiger partial charge in [0.15, 0.2) is 5.58 Å². The Morgan fingerprint density at radius 3 is 2.85 bits per heavy atom. The molecule has 0 saturated carbocycles. The average Bonchev–Trinajstić information content (AvgIpc) is 3.28. The summed E-state index contributed by atoms with van der Waals surface area (Å²) >= 11 is 0. The fraction of sp³-hybridized carbons (Fsp3) is 0.0870. The zero-order valence-electron chi connectivity index (χ0n) is 14.6. The van der Waals surface area contributed by atoms with Gasteiger partial charge in [0, 0.05) is 46.6 Å². The van der Waals surface area contributed by atoms with Crippen molar-refractivity contribution < 1.29 is 4.42 Å². The maximum atomic E-state index is 6.06. The van der Waals surface area contributed by atoms with Crippen LogP contribution in [0.4, 0.5) is 0 Å².